The van der Waals surface area contributed by atoms with Gasteiger partial charge in [0.2, 0.25) is 5.91 Å². The van der Waals surface area contributed by atoms with E-state index in [1.807, 2.05) is 4.90 Å². The van der Waals surface area contributed by atoms with Crippen LogP contribution in [0.25, 0.3) is 0 Å². The Hall–Kier alpha value is -2.44. The van der Waals surface area contributed by atoms with E-state index in [0.29, 0.717) is 11.5 Å². The van der Waals surface area contributed by atoms with Gasteiger partial charge in [-0.25, -0.2) is 0 Å². The van der Waals surface area contributed by atoms with Crippen LogP contribution in [0.3, 0.4) is 0 Å². The zero-order valence-corrected chi connectivity index (χ0v) is 14.9. The fraction of sp³-hybridized carbons (Fsp3) is 0.579. The van der Waals surface area contributed by atoms with E-state index in [1.54, 1.807) is 0 Å². The van der Waals surface area contributed by atoms with Crippen molar-refractivity contribution in [3.8, 4) is 0 Å². The molecule has 1 heterocycles. The van der Waals surface area contributed by atoms with Crippen molar-refractivity contribution >= 4 is 17.5 Å². The summed E-state index contributed by atoms with van der Waals surface area (Å²) >= 11 is 0. The molecular formula is C19H25N3O4. The number of amides is 2. The molecule has 1 aliphatic carbocycles. The molecule has 0 radical (unpaired) electrons. The van der Waals surface area contributed by atoms with E-state index in [1.165, 1.54) is 49.9 Å². The zero-order valence-electron chi connectivity index (χ0n) is 14.9. The Morgan fingerprint density at radius 3 is 2.50 bits per heavy atom. The minimum absolute atomic E-state index is 0.0529. The van der Waals surface area contributed by atoms with E-state index in [2.05, 4.69) is 5.32 Å². The van der Waals surface area contributed by atoms with Crippen molar-refractivity contribution in [2.24, 2.45) is 11.8 Å². The Kier molecular flexibility index (Phi) is 5.85. The largest absolute Gasteiger partial charge is 0.352 e. The first-order valence-corrected chi connectivity index (χ1v) is 9.35. The summed E-state index contributed by atoms with van der Waals surface area (Å²) < 4.78 is 0. The van der Waals surface area contributed by atoms with Crippen molar-refractivity contribution in [1.29, 1.82) is 0 Å². The van der Waals surface area contributed by atoms with Crippen LogP contribution in [-0.2, 0) is 4.79 Å². The first-order valence-electron chi connectivity index (χ1n) is 9.35. The third-order valence-electron chi connectivity index (χ3n) is 5.61. The van der Waals surface area contributed by atoms with Crippen LogP contribution in [0.15, 0.2) is 24.3 Å². The molecule has 1 aromatic rings. The molecular weight excluding hydrogens is 334 g/mol. The number of hydrogen-bond donors (Lipinski definition) is 1. The lowest BCUT2D eigenvalue weighted by Crippen LogP contribution is -2.45. The lowest BCUT2D eigenvalue weighted by molar-refractivity contribution is -0.384. The second-order valence-corrected chi connectivity index (χ2v) is 7.24. The maximum Gasteiger partial charge on any atom is 0.269 e. The molecule has 2 aliphatic rings. The molecule has 0 aromatic heterocycles. The molecule has 1 aromatic carbocycles. The van der Waals surface area contributed by atoms with Crippen molar-refractivity contribution in [2.75, 3.05) is 19.6 Å². The normalized spacial score (nSPS) is 22.4. The van der Waals surface area contributed by atoms with Crippen LogP contribution in [0.4, 0.5) is 5.69 Å². The average molecular weight is 359 g/mol. The summed E-state index contributed by atoms with van der Waals surface area (Å²) in [5, 5.41) is 13.3. The lowest BCUT2D eigenvalue weighted by atomic mass is 9.75. The van der Waals surface area contributed by atoms with Gasteiger partial charge in [-0.05, 0) is 36.8 Å². The first-order chi connectivity index (χ1) is 12.5. The number of piperidine rings is 1. The van der Waals surface area contributed by atoms with E-state index in [9.17, 15) is 19.7 Å². The first kappa shape index (κ1) is 18.4. The Bertz CT molecular complexity index is 674. The van der Waals surface area contributed by atoms with Gasteiger partial charge in [0.1, 0.15) is 0 Å². The summed E-state index contributed by atoms with van der Waals surface area (Å²) in [7, 11) is 0. The van der Waals surface area contributed by atoms with Gasteiger partial charge in [-0.3, -0.25) is 19.7 Å². The summed E-state index contributed by atoms with van der Waals surface area (Å²) in [6, 6.07) is 5.44. The molecule has 0 spiro atoms. The van der Waals surface area contributed by atoms with Gasteiger partial charge in [0, 0.05) is 43.8 Å². The zero-order chi connectivity index (χ0) is 18.5. The van der Waals surface area contributed by atoms with Crippen LogP contribution < -0.4 is 5.32 Å². The van der Waals surface area contributed by atoms with Gasteiger partial charge in [0.15, 0.2) is 0 Å². The number of carbonyl (C=O) groups excluding carboxylic acids is 2. The number of likely N-dealkylation sites (tertiary alicyclic amines) is 1. The number of carbonyl (C=O) groups is 2. The van der Waals surface area contributed by atoms with Crippen LogP contribution in [0.1, 0.15) is 48.9 Å². The van der Waals surface area contributed by atoms with Crippen LogP contribution in [0.5, 0.6) is 0 Å². The number of rotatable bonds is 5. The van der Waals surface area contributed by atoms with Crippen molar-refractivity contribution in [2.45, 2.75) is 38.5 Å². The maximum absolute atomic E-state index is 12.4. The van der Waals surface area contributed by atoms with E-state index in [4.69, 9.17) is 0 Å². The van der Waals surface area contributed by atoms with Gasteiger partial charge < -0.3 is 10.2 Å². The van der Waals surface area contributed by atoms with Crippen molar-refractivity contribution < 1.29 is 14.5 Å². The summed E-state index contributed by atoms with van der Waals surface area (Å²) in [5.74, 6) is 1.21. The molecule has 140 valence electrons. The molecule has 7 nitrogen and oxygen atoms in total. The second kappa shape index (κ2) is 8.29. The van der Waals surface area contributed by atoms with Gasteiger partial charge in [-0.1, -0.05) is 19.3 Å². The van der Waals surface area contributed by atoms with Crippen molar-refractivity contribution in [3.63, 3.8) is 0 Å². The molecule has 7 heteroatoms. The number of nitro groups is 1. The Labute approximate surface area is 152 Å². The Morgan fingerprint density at radius 1 is 1.12 bits per heavy atom. The lowest BCUT2D eigenvalue weighted by Gasteiger charge is -2.41. The highest BCUT2D eigenvalue weighted by Crippen LogP contribution is 2.36. The van der Waals surface area contributed by atoms with E-state index in [0.717, 1.165) is 25.4 Å². The number of nitrogens with zero attached hydrogens (tertiary/aromatic N) is 2. The summed E-state index contributed by atoms with van der Waals surface area (Å²) in [4.78, 5) is 36.6. The van der Waals surface area contributed by atoms with Crippen LogP contribution in [-0.4, -0.2) is 41.3 Å². The van der Waals surface area contributed by atoms with Gasteiger partial charge in [-0.15, -0.1) is 0 Å². The Morgan fingerprint density at radius 2 is 1.81 bits per heavy atom. The van der Waals surface area contributed by atoms with E-state index >= 15 is 0 Å². The maximum atomic E-state index is 12.4. The number of hydrogen-bond acceptors (Lipinski definition) is 4. The molecule has 2 atom stereocenters. The highest BCUT2D eigenvalue weighted by molar-refractivity contribution is 5.94. The molecule has 2 fully saturated rings. The van der Waals surface area contributed by atoms with E-state index < -0.39 is 4.92 Å². The van der Waals surface area contributed by atoms with E-state index in [-0.39, 0.29) is 30.5 Å². The predicted molar refractivity (Wildman–Crippen MR) is 96.7 cm³/mol. The standard InChI is InChI=1S/C19H25N3O4/c23-18(21-12-10-14-3-1-2-4-16(14)13-21)9-11-20-19(24)15-5-7-17(8-6-15)22(25)26/h5-8,14,16H,1-4,9-13H2,(H,20,24)/t14-,16+/m1/s1. The number of nitrogens with one attached hydrogen (secondary N) is 1. The summed E-state index contributed by atoms with van der Waals surface area (Å²) in [6.45, 7) is 1.97. The topological polar surface area (TPSA) is 92.6 Å². The molecule has 1 aliphatic heterocycles. The fourth-order valence-corrected chi connectivity index (χ4v) is 4.11. The molecule has 3 rings (SSSR count). The monoisotopic (exact) mass is 359 g/mol. The van der Waals surface area contributed by atoms with Gasteiger partial charge in [0.25, 0.3) is 11.6 Å². The molecule has 26 heavy (non-hydrogen) atoms. The van der Waals surface area contributed by atoms with Crippen LogP contribution in [0.2, 0.25) is 0 Å². The fourth-order valence-electron chi connectivity index (χ4n) is 4.11. The average Bonchev–Trinajstić information content (AvgIpc) is 2.67. The van der Waals surface area contributed by atoms with Gasteiger partial charge >= 0.3 is 0 Å². The predicted octanol–water partition coefficient (Wildman–Crippen LogP) is 2.75. The smallest absolute Gasteiger partial charge is 0.269 e. The number of non-ortho nitro benzene ring substituents is 1. The quantitative estimate of drug-likeness (QED) is 0.646. The Balaban J connectivity index is 1.43. The summed E-state index contributed by atoms with van der Waals surface area (Å²) in [6.07, 6.45) is 6.52. The van der Waals surface area contributed by atoms with Crippen molar-refractivity contribution in [1.82, 2.24) is 10.2 Å². The molecule has 1 N–H and O–H groups in total. The molecule has 0 bridgehead atoms. The van der Waals surface area contributed by atoms with Crippen molar-refractivity contribution in [3.05, 3.63) is 39.9 Å². The molecule has 1 saturated carbocycles. The number of fused-ring (bicyclic) bond motifs is 1. The van der Waals surface area contributed by atoms with Crippen LogP contribution in [0, 0.1) is 22.0 Å². The molecule has 1 saturated heterocycles. The third kappa shape index (κ3) is 4.39. The van der Waals surface area contributed by atoms with Crippen LogP contribution >= 0.6 is 0 Å². The minimum Gasteiger partial charge on any atom is -0.352 e. The van der Waals surface area contributed by atoms with Gasteiger partial charge in [-0.2, -0.15) is 0 Å². The minimum atomic E-state index is -0.504. The van der Waals surface area contributed by atoms with Gasteiger partial charge in [0.05, 0.1) is 4.92 Å². The second-order valence-electron chi connectivity index (χ2n) is 7.24. The SMILES string of the molecule is O=C(NCCC(=O)N1CC[C@H]2CCCC[C@H]2C1)c1ccc([N+](=O)[O-])cc1. The number of nitro benzene ring substituents is 1. The summed E-state index contributed by atoms with van der Waals surface area (Å²) in [5.41, 5.74) is 0.300. The number of benzene rings is 1. The molecule has 0 unspecified atom stereocenters. The highest BCUT2D eigenvalue weighted by atomic mass is 16.6. The highest BCUT2D eigenvalue weighted by Gasteiger charge is 2.32. The molecule has 2 amide bonds. The third-order valence-corrected chi connectivity index (χ3v) is 5.61.